The van der Waals surface area contributed by atoms with E-state index in [1.165, 1.54) is 19.2 Å². The van der Waals surface area contributed by atoms with Crippen molar-refractivity contribution < 1.29 is 18.3 Å². The number of halogens is 2. The van der Waals surface area contributed by atoms with Crippen LogP contribution >= 0.6 is 0 Å². The fourth-order valence-electron chi connectivity index (χ4n) is 0.962. The van der Waals surface area contributed by atoms with Gasteiger partial charge in [0, 0.05) is 12.7 Å². The molecule has 4 heteroatoms. The second kappa shape index (κ2) is 4.09. The lowest BCUT2D eigenvalue weighted by molar-refractivity contribution is 0.111. The van der Waals surface area contributed by atoms with E-state index < -0.39 is 11.6 Å². The van der Waals surface area contributed by atoms with Crippen LogP contribution in [0.5, 0.6) is 0 Å². The first kappa shape index (κ1) is 9.80. The van der Waals surface area contributed by atoms with Gasteiger partial charge in [-0.1, -0.05) is 6.07 Å². The van der Waals surface area contributed by atoms with Crippen LogP contribution in [0.1, 0.15) is 15.9 Å². The van der Waals surface area contributed by atoms with E-state index in [2.05, 4.69) is 4.74 Å². The van der Waals surface area contributed by atoms with Crippen LogP contribution in [0.3, 0.4) is 0 Å². The van der Waals surface area contributed by atoms with Crippen LogP contribution < -0.4 is 0 Å². The number of rotatable bonds is 3. The molecule has 1 rings (SSSR count). The second-order valence-electron chi connectivity index (χ2n) is 2.49. The Kier molecular flexibility index (Phi) is 3.08. The summed E-state index contributed by atoms with van der Waals surface area (Å²) in [6.45, 7) is -0.0120. The summed E-state index contributed by atoms with van der Waals surface area (Å²) in [5, 5.41) is 0. The predicted octanol–water partition coefficient (Wildman–Crippen LogP) is 1.92. The minimum Gasteiger partial charge on any atom is -0.380 e. The summed E-state index contributed by atoms with van der Waals surface area (Å²) in [4.78, 5) is 10.2. The molecule has 2 nitrogen and oxygen atoms in total. The van der Waals surface area contributed by atoms with Gasteiger partial charge in [0.05, 0.1) is 12.2 Å². The summed E-state index contributed by atoms with van der Waals surface area (Å²) in [7, 11) is 1.38. The molecule has 0 spiro atoms. The van der Waals surface area contributed by atoms with Gasteiger partial charge in [-0.25, -0.2) is 8.78 Å². The summed E-state index contributed by atoms with van der Waals surface area (Å²) in [6, 6.07) is 2.55. The molecule has 0 bridgehead atoms. The summed E-state index contributed by atoms with van der Waals surface area (Å²) in [5.74, 6) is -2.14. The van der Waals surface area contributed by atoms with Crippen molar-refractivity contribution in [3.05, 3.63) is 34.9 Å². The van der Waals surface area contributed by atoms with Gasteiger partial charge < -0.3 is 4.74 Å². The lowest BCUT2D eigenvalue weighted by Gasteiger charge is -2.03. The Balaban J connectivity index is 3.14. The van der Waals surface area contributed by atoms with Gasteiger partial charge in [-0.05, 0) is 6.07 Å². The maximum Gasteiger partial charge on any atom is 0.169 e. The van der Waals surface area contributed by atoms with Crippen LogP contribution in [0.4, 0.5) is 8.78 Å². The van der Waals surface area contributed by atoms with Gasteiger partial charge in [-0.2, -0.15) is 0 Å². The zero-order valence-electron chi connectivity index (χ0n) is 7.01. The van der Waals surface area contributed by atoms with Gasteiger partial charge >= 0.3 is 0 Å². The molecule has 0 aliphatic rings. The number of aldehydes is 1. The van der Waals surface area contributed by atoms with Gasteiger partial charge in [-0.15, -0.1) is 0 Å². The standard InChI is InChI=1S/C9H8F2O2/c1-13-5-7-3-2-6(4-12)8(10)9(7)11/h2-4H,5H2,1H3. The Bertz CT molecular complexity index is 324. The zero-order valence-corrected chi connectivity index (χ0v) is 7.01. The molecule has 1 aromatic rings. The normalized spacial score (nSPS) is 10.1. The first-order valence-corrected chi connectivity index (χ1v) is 3.61. The van der Waals surface area contributed by atoms with Crippen LogP contribution in [0.25, 0.3) is 0 Å². The minimum atomic E-state index is -1.12. The Morgan fingerprint density at radius 2 is 2.08 bits per heavy atom. The minimum absolute atomic E-state index is 0.0120. The van der Waals surface area contributed by atoms with Crippen LogP contribution in [-0.2, 0) is 11.3 Å². The summed E-state index contributed by atoms with van der Waals surface area (Å²) < 4.78 is 30.6. The Hall–Kier alpha value is -1.29. The number of ether oxygens (including phenoxy) is 1. The first-order chi connectivity index (χ1) is 6.20. The van der Waals surface area contributed by atoms with Crippen LogP contribution in [0, 0.1) is 11.6 Å². The van der Waals surface area contributed by atoms with Gasteiger partial charge in [0.1, 0.15) is 0 Å². The van der Waals surface area contributed by atoms with E-state index in [1.807, 2.05) is 0 Å². The van der Waals surface area contributed by atoms with Crippen molar-refractivity contribution in [3.8, 4) is 0 Å². The highest BCUT2D eigenvalue weighted by Gasteiger charge is 2.11. The fourth-order valence-corrected chi connectivity index (χ4v) is 0.962. The quantitative estimate of drug-likeness (QED) is 0.674. The molecule has 0 aliphatic carbocycles. The van der Waals surface area contributed by atoms with E-state index in [4.69, 9.17) is 0 Å². The van der Waals surface area contributed by atoms with Crippen molar-refractivity contribution in [2.45, 2.75) is 6.61 Å². The third-order valence-electron chi connectivity index (χ3n) is 1.62. The summed E-state index contributed by atoms with van der Waals surface area (Å²) >= 11 is 0. The molecular weight excluding hydrogens is 178 g/mol. The van der Waals surface area contributed by atoms with Crippen LogP contribution in [0.15, 0.2) is 12.1 Å². The highest BCUT2D eigenvalue weighted by Crippen LogP contribution is 2.15. The molecule has 0 heterocycles. The summed E-state index contributed by atoms with van der Waals surface area (Å²) in [5.41, 5.74) is -0.178. The van der Waals surface area contributed by atoms with Crippen molar-refractivity contribution >= 4 is 6.29 Å². The average molecular weight is 186 g/mol. The van der Waals surface area contributed by atoms with E-state index in [0.29, 0.717) is 0 Å². The second-order valence-corrected chi connectivity index (χ2v) is 2.49. The topological polar surface area (TPSA) is 26.3 Å². The van der Waals surface area contributed by atoms with Gasteiger partial charge in [0.25, 0.3) is 0 Å². The number of carbonyl (C=O) groups excluding carboxylic acids is 1. The molecule has 0 aromatic heterocycles. The van der Waals surface area contributed by atoms with Gasteiger partial charge in [0.15, 0.2) is 17.9 Å². The Labute approximate surface area is 74.1 Å². The number of carbonyl (C=O) groups is 1. The van der Waals surface area contributed by atoms with E-state index >= 15 is 0 Å². The fraction of sp³-hybridized carbons (Fsp3) is 0.222. The third kappa shape index (κ3) is 1.89. The molecule has 0 atom stereocenters. The van der Waals surface area contributed by atoms with Crippen LogP contribution in [0.2, 0.25) is 0 Å². The SMILES string of the molecule is COCc1ccc(C=O)c(F)c1F. The molecule has 0 unspecified atom stereocenters. The molecule has 0 saturated heterocycles. The zero-order chi connectivity index (χ0) is 9.84. The van der Waals surface area contributed by atoms with E-state index in [0.717, 1.165) is 0 Å². The molecule has 13 heavy (non-hydrogen) atoms. The molecular formula is C9H8F2O2. The third-order valence-corrected chi connectivity index (χ3v) is 1.62. The van der Waals surface area contributed by atoms with Crippen LogP contribution in [-0.4, -0.2) is 13.4 Å². The first-order valence-electron chi connectivity index (χ1n) is 3.61. The molecule has 0 aliphatic heterocycles. The molecule has 70 valence electrons. The predicted molar refractivity (Wildman–Crippen MR) is 42.5 cm³/mol. The van der Waals surface area contributed by atoms with Crippen molar-refractivity contribution in [1.29, 1.82) is 0 Å². The monoisotopic (exact) mass is 186 g/mol. The van der Waals surface area contributed by atoms with E-state index in [-0.39, 0.29) is 24.0 Å². The Morgan fingerprint density at radius 1 is 1.38 bits per heavy atom. The largest absolute Gasteiger partial charge is 0.380 e. The molecule has 0 saturated carbocycles. The summed E-state index contributed by atoms with van der Waals surface area (Å²) in [6.07, 6.45) is 0.273. The maximum atomic E-state index is 13.0. The van der Waals surface area contributed by atoms with Crippen molar-refractivity contribution in [2.75, 3.05) is 7.11 Å². The maximum absolute atomic E-state index is 13.0. The molecule has 1 aromatic carbocycles. The smallest absolute Gasteiger partial charge is 0.169 e. The van der Waals surface area contributed by atoms with Crippen molar-refractivity contribution in [2.24, 2.45) is 0 Å². The van der Waals surface area contributed by atoms with E-state index in [9.17, 15) is 13.6 Å². The van der Waals surface area contributed by atoms with E-state index in [1.54, 1.807) is 0 Å². The number of methoxy groups -OCH3 is 1. The lowest BCUT2D eigenvalue weighted by Crippen LogP contribution is -1.99. The molecule has 0 N–H and O–H groups in total. The van der Waals surface area contributed by atoms with Crippen molar-refractivity contribution in [3.63, 3.8) is 0 Å². The highest BCUT2D eigenvalue weighted by molar-refractivity contribution is 5.75. The van der Waals surface area contributed by atoms with Gasteiger partial charge in [0.2, 0.25) is 0 Å². The highest BCUT2D eigenvalue weighted by atomic mass is 19.2. The van der Waals surface area contributed by atoms with Crippen molar-refractivity contribution in [1.82, 2.24) is 0 Å². The lowest BCUT2D eigenvalue weighted by atomic mass is 10.1. The Morgan fingerprint density at radius 3 is 2.62 bits per heavy atom. The number of hydrogen-bond donors (Lipinski definition) is 0. The molecule has 0 radical (unpaired) electrons. The average Bonchev–Trinajstić information content (AvgIpc) is 2.14. The number of benzene rings is 1. The number of hydrogen-bond acceptors (Lipinski definition) is 2. The molecule has 0 amide bonds. The molecule has 0 fully saturated rings. The van der Waals surface area contributed by atoms with Gasteiger partial charge in [-0.3, -0.25) is 4.79 Å².